The van der Waals surface area contributed by atoms with E-state index < -0.39 is 5.97 Å². The third kappa shape index (κ3) is 9.47. The van der Waals surface area contributed by atoms with Crippen molar-refractivity contribution in [3.05, 3.63) is 24.3 Å². The van der Waals surface area contributed by atoms with E-state index in [4.69, 9.17) is 9.84 Å². The molecule has 1 aliphatic rings. The molecule has 142 valence electrons. The van der Waals surface area contributed by atoms with Gasteiger partial charge in [-0.05, 0) is 50.0 Å². The number of aliphatic carboxylic acids is 1. The van der Waals surface area contributed by atoms with Gasteiger partial charge in [0.15, 0.2) is 0 Å². The largest absolute Gasteiger partial charge is 0.481 e. The van der Waals surface area contributed by atoms with E-state index in [1.54, 1.807) is 0 Å². The molecule has 0 spiro atoms. The van der Waals surface area contributed by atoms with Gasteiger partial charge in [-0.1, -0.05) is 50.8 Å². The van der Waals surface area contributed by atoms with Gasteiger partial charge in [0.2, 0.25) is 0 Å². The Balaban J connectivity index is 2.54. The quantitative estimate of drug-likeness (QED) is 0.273. The van der Waals surface area contributed by atoms with E-state index in [2.05, 4.69) is 31.2 Å². The highest BCUT2D eigenvalue weighted by molar-refractivity contribution is 5.66. The first-order chi connectivity index (χ1) is 12.0. The molecular formula is C21H34O4. The van der Waals surface area contributed by atoms with E-state index in [1.807, 2.05) is 0 Å². The lowest BCUT2D eigenvalue weighted by molar-refractivity contribution is -0.144. The van der Waals surface area contributed by atoms with E-state index in [0.29, 0.717) is 0 Å². The summed E-state index contributed by atoms with van der Waals surface area (Å²) in [5.41, 5.74) is 0.117. The second-order valence-corrected chi connectivity index (χ2v) is 7.20. The van der Waals surface area contributed by atoms with Gasteiger partial charge in [0, 0.05) is 13.3 Å². The van der Waals surface area contributed by atoms with Crippen molar-refractivity contribution in [3.8, 4) is 0 Å². The number of ether oxygens (including phenoxy) is 1. The van der Waals surface area contributed by atoms with Crippen molar-refractivity contribution >= 4 is 11.9 Å². The Hall–Kier alpha value is -1.58. The summed E-state index contributed by atoms with van der Waals surface area (Å²) in [5, 5.41) is 8.72. The molecule has 0 radical (unpaired) electrons. The predicted molar refractivity (Wildman–Crippen MR) is 100 cm³/mol. The molecule has 0 aliphatic heterocycles. The number of unbranched alkanes of at least 4 members (excludes halogenated alkanes) is 4. The van der Waals surface area contributed by atoms with Crippen LogP contribution in [0.5, 0.6) is 0 Å². The van der Waals surface area contributed by atoms with Crippen molar-refractivity contribution in [1.82, 2.24) is 0 Å². The van der Waals surface area contributed by atoms with Crippen molar-refractivity contribution in [2.45, 2.75) is 90.6 Å². The zero-order valence-corrected chi connectivity index (χ0v) is 15.8. The van der Waals surface area contributed by atoms with Crippen LogP contribution in [0.2, 0.25) is 0 Å². The summed E-state index contributed by atoms with van der Waals surface area (Å²) in [6.07, 6.45) is 19.0. The van der Waals surface area contributed by atoms with Crippen LogP contribution in [-0.4, -0.2) is 23.1 Å². The molecule has 4 heteroatoms. The Labute approximate surface area is 152 Å². The Bertz CT molecular complexity index is 457. The van der Waals surface area contributed by atoms with E-state index in [0.717, 1.165) is 64.2 Å². The minimum atomic E-state index is -0.714. The van der Waals surface area contributed by atoms with Crippen LogP contribution >= 0.6 is 0 Å². The average molecular weight is 350 g/mol. The SMILES string of the molecule is CCCCCC(C=CC1(CCCCCC(=O)O)CC=CC1)OC(C)=O. The summed E-state index contributed by atoms with van der Waals surface area (Å²) in [4.78, 5) is 21.9. The lowest BCUT2D eigenvalue weighted by Gasteiger charge is -2.26. The maximum Gasteiger partial charge on any atom is 0.303 e. The summed E-state index contributed by atoms with van der Waals surface area (Å²) >= 11 is 0. The molecule has 1 atom stereocenters. The van der Waals surface area contributed by atoms with Crippen LogP contribution in [0.1, 0.15) is 84.5 Å². The number of hydrogen-bond acceptors (Lipinski definition) is 3. The maximum absolute atomic E-state index is 11.3. The molecule has 1 unspecified atom stereocenters. The second kappa shape index (κ2) is 11.9. The number of esters is 1. The molecule has 0 saturated heterocycles. The minimum absolute atomic E-state index is 0.117. The van der Waals surface area contributed by atoms with Crippen molar-refractivity contribution in [2.24, 2.45) is 5.41 Å². The van der Waals surface area contributed by atoms with Gasteiger partial charge < -0.3 is 9.84 Å². The maximum atomic E-state index is 11.3. The van der Waals surface area contributed by atoms with Crippen LogP contribution in [-0.2, 0) is 14.3 Å². The summed E-state index contributed by atoms with van der Waals surface area (Å²) in [5.74, 6) is -0.938. The van der Waals surface area contributed by atoms with Crippen molar-refractivity contribution < 1.29 is 19.4 Å². The number of carbonyl (C=O) groups excluding carboxylic acids is 1. The lowest BCUT2D eigenvalue weighted by Crippen LogP contribution is -2.18. The highest BCUT2D eigenvalue weighted by atomic mass is 16.5. The van der Waals surface area contributed by atoms with Crippen LogP contribution in [0, 0.1) is 5.41 Å². The molecule has 1 N–H and O–H groups in total. The monoisotopic (exact) mass is 350 g/mol. The smallest absolute Gasteiger partial charge is 0.303 e. The Kier molecular flexibility index (Phi) is 10.2. The van der Waals surface area contributed by atoms with Crippen LogP contribution in [0.3, 0.4) is 0 Å². The number of carboxylic acids is 1. The number of rotatable bonds is 13. The zero-order chi connectivity index (χ0) is 18.5. The van der Waals surface area contributed by atoms with Gasteiger partial charge in [-0.2, -0.15) is 0 Å². The second-order valence-electron chi connectivity index (χ2n) is 7.20. The first-order valence-electron chi connectivity index (χ1n) is 9.71. The van der Waals surface area contributed by atoms with Gasteiger partial charge in [-0.25, -0.2) is 0 Å². The van der Waals surface area contributed by atoms with Gasteiger partial charge in [0.1, 0.15) is 6.10 Å². The molecule has 0 heterocycles. The van der Waals surface area contributed by atoms with Crippen LogP contribution in [0.25, 0.3) is 0 Å². The molecular weight excluding hydrogens is 316 g/mol. The summed E-state index contributed by atoms with van der Waals surface area (Å²) in [6, 6.07) is 0. The van der Waals surface area contributed by atoms with E-state index in [-0.39, 0.29) is 23.9 Å². The Morgan fingerprint density at radius 1 is 1.16 bits per heavy atom. The predicted octanol–water partition coefficient (Wildman–Crippen LogP) is 5.43. The summed E-state index contributed by atoms with van der Waals surface area (Å²) in [7, 11) is 0. The molecule has 0 bridgehead atoms. The van der Waals surface area contributed by atoms with Crippen LogP contribution in [0.4, 0.5) is 0 Å². The first-order valence-corrected chi connectivity index (χ1v) is 9.71. The highest BCUT2D eigenvalue weighted by Gasteiger charge is 2.27. The van der Waals surface area contributed by atoms with E-state index >= 15 is 0 Å². The van der Waals surface area contributed by atoms with Gasteiger partial charge in [-0.3, -0.25) is 9.59 Å². The highest BCUT2D eigenvalue weighted by Crippen LogP contribution is 2.40. The molecule has 0 fully saturated rings. The average Bonchev–Trinajstić information content (AvgIpc) is 3.01. The topological polar surface area (TPSA) is 63.6 Å². The van der Waals surface area contributed by atoms with Crippen LogP contribution in [0.15, 0.2) is 24.3 Å². The van der Waals surface area contributed by atoms with Crippen LogP contribution < -0.4 is 0 Å². The zero-order valence-electron chi connectivity index (χ0n) is 15.8. The number of carboxylic acid groups (broad SMARTS) is 1. The molecule has 0 amide bonds. The lowest BCUT2D eigenvalue weighted by atomic mass is 9.79. The number of allylic oxidation sites excluding steroid dienone is 3. The van der Waals surface area contributed by atoms with Gasteiger partial charge in [0.25, 0.3) is 0 Å². The molecule has 4 nitrogen and oxygen atoms in total. The number of hydrogen-bond donors (Lipinski definition) is 1. The van der Waals surface area contributed by atoms with Crippen molar-refractivity contribution in [2.75, 3.05) is 0 Å². The number of carbonyl (C=O) groups is 2. The van der Waals surface area contributed by atoms with E-state index in [9.17, 15) is 9.59 Å². The van der Waals surface area contributed by atoms with Gasteiger partial charge in [0.05, 0.1) is 0 Å². The summed E-state index contributed by atoms with van der Waals surface area (Å²) in [6.45, 7) is 3.64. The minimum Gasteiger partial charge on any atom is -0.481 e. The fraction of sp³-hybridized carbons (Fsp3) is 0.714. The van der Waals surface area contributed by atoms with Crippen molar-refractivity contribution in [1.29, 1.82) is 0 Å². The third-order valence-electron chi connectivity index (χ3n) is 4.85. The molecule has 25 heavy (non-hydrogen) atoms. The molecule has 0 aromatic carbocycles. The van der Waals surface area contributed by atoms with Crippen molar-refractivity contribution in [3.63, 3.8) is 0 Å². The molecule has 1 aliphatic carbocycles. The normalized spacial score (nSPS) is 17.0. The third-order valence-corrected chi connectivity index (χ3v) is 4.85. The Morgan fingerprint density at radius 3 is 2.48 bits per heavy atom. The standard InChI is InChI=1S/C21H34O4/c1-3-4-6-11-19(25-18(2)22)13-17-21(15-9-10-16-21)14-8-5-7-12-20(23)24/h9-10,13,17,19H,3-8,11-12,14-16H2,1-2H3,(H,23,24). The van der Waals surface area contributed by atoms with Gasteiger partial charge >= 0.3 is 11.9 Å². The molecule has 1 rings (SSSR count). The summed E-state index contributed by atoms with van der Waals surface area (Å²) < 4.78 is 5.46. The van der Waals surface area contributed by atoms with Gasteiger partial charge in [-0.15, -0.1) is 0 Å². The van der Waals surface area contributed by atoms with E-state index in [1.165, 1.54) is 6.92 Å². The molecule has 0 aromatic rings. The molecule has 0 aromatic heterocycles. The fourth-order valence-electron chi connectivity index (χ4n) is 3.39. The first kappa shape index (κ1) is 21.5. The fourth-order valence-corrected chi connectivity index (χ4v) is 3.39. The Morgan fingerprint density at radius 2 is 1.88 bits per heavy atom. The molecule has 0 saturated carbocycles.